The summed E-state index contributed by atoms with van der Waals surface area (Å²) in [6, 6.07) is 7.71. The number of piperidine rings is 1. The van der Waals surface area contributed by atoms with Gasteiger partial charge in [-0.1, -0.05) is 6.07 Å². The standard InChI is InChI=1S/C15H20N4O/c1-18-10-11-5-6-13(12(8-11)9-16)19-7-3-2-4-14(19)15(17)20/h5-6,8,14,18H,2-4,7,10H2,1H3,(H2,17,20). The zero-order chi connectivity index (χ0) is 14.5. The van der Waals surface area contributed by atoms with Crippen molar-refractivity contribution >= 4 is 11.6 Å². The van der Waals surface area contributed by atoms with Crippen molar-refractivity contribution in [3.8, 4) is 6.07 Å². The number of primary amides is 1. The van der Waals surface area contributed by atoms with Gasteiger partial charge in [-0.25, -0.2) is 0 Å². The van der Waals surface area contributed by atoms with Crippen molar-refractivity contribution in [2.24, 2.45) is 5.73 Å². The third-order valence-electron chi connectivity index (χ3n) is 3.70. The third kappa shape index (κ3) is 2.91. The topological polar surface area (TPSA) is 82.2 Å². The van der Waals surface area contributed by atoms with Gasteiger partial charge >= 0.3 is 0 Å². The van der Waals surface area contributed by atoms with E-state index in [9.17, 15) is 10.1 Å². The van der Waals surface area contributed by atoms with Gasteiger partial charge in [0.2, 0.25) is 5.91 Å². The quantitative estimate of drug-likeness (QED) is 0.860. The van der Waals surface area contributed by atoms with Gasteiger partial charge in [0, 0.05) is 13.1 Å². The van der Waals surface area contributed by atoms with Crippen LogP contribution in [-0.2, 0) is 11.3 Å². The number of nitriles is 1. The summed E-state index contributed by atoms with van der Waals surface area (Å²) in [4.78, 5) is 13.6. The average Bonchev–Trinajstić information content (AvgIpc) is 2.47. The Balaban J connectivity index is 2.35. The summed E-state index contributed by atoms with van der Waals surface area (Å²) < 4.78 is 0. The molecule has 1 amide bonds. The van der Waals surface area contributed by atoms with Crippen LogP contribution in [0.15, 0.2) is 18.2 Å². The number of hydrogen-bond donors (Lipinski definition) is 2. The molecule has 0 aliphatic carbocycles. The maximum absolute atomic E-state index is 11.6. The highest BCUT2D eigenvalue weighted by atomic mass is 16.1. The van der Waals surface area contributed by atoms with Crippen LogP contribution in [0.25, 0.3) is 0 Å². The molecule has 20 heavy (non-hydrogen) atoms. The number of benzene rings is 1. The largest absolute Gasteiger partial charge is 0.368 e. The first-order valence-corrected chi connectivity index (χ1v) is 6.91. The minimum absolute atomic E-state index is 0.300. The molecule has 1 fully saturated rings. The lowest BCUT2D eigenvalue weighted by Crippen LogP contribution is -2.48. The van der Waals surface area contributed by atoms with Crippen molar-refractivity contribution in [1.82, 2.24) is 5.32 Å². The molecular weight excluding hydrogens is 252 g/mol. The normalized spacial score (nSPS) is 18.6. The molecule has 5 nitrogen and oxygen atoms in total. The van der Waals surface area contributed by atoms with Crippen molar-refractivity contribution in [3.05, 3.63) is 29.3 Å². The molecule has 1 aliphatic rings. The van der Waals surface area contributed by atoms with E-state index in [4.69, 9.17) is 5.73 Å². The zero-order valence-corrected chi connectivity index (χ0v) is 11.7. The monoisotopic (exact) mass is 272 g/mol. The SMILES string of the molecule is CNCc1ccc(N2CCCCC2C(N)=O)c(C#N)c1. The number of rotatable bonds is 4. The summed E-state index contributed by atoms with van der Waals surface area (Å²) in [6.07, 6.45) is 2.79. The number of amides is 1. The second-order valence-corrected chi connectivity index (χ2v) is 5.10. The number of nitrogens with zero attached hydrogens (tertiary/aromatic N) is 2. The maximum atomic E-state index is 11.6. The number of nitrogens with one attached hydrogen (secondary N) is 1. The number of carbonyl (C=O) groups excluding carboxylic acids is 1. The fourth-order valence-electron chi connectivity index (χ4n) is 2.75. The van der Waals surface area contributed by atoms with E-state index in [1.165, 1.54) is 0 Å². The molecule has 0 saturated carbocycles. The Labute approximate surface area is 119 Å². The van der Waals surface area contributed by atoms with Gasteiger partial charge in [-0.15, -0.1) is 0 Å². The first kappa shape index (κ1) is 14.4. The van der Waals surface area contributed by atoms with Crippen molar-refractivity contribution in [1.29, 1.82) is 5.26 Å². The fourth-order valence-corrected chi connectivity index (χ4v) is 2.75. The highest BCUT2D eigenvalue weighted by Gasteiger charge is 2.28. The van der Waals surface area contributed by atoms with Crippen LogP contribution in [0.3, 0.4) is 0 Å². The van der Waals surface area contributed by atoms with Crippen molar-refractivity contribution in [2.45, 2.75) is 31.8 Å². The molecular formula is C15H20N4O. The van der Waals surface area contributed by atoms with Gasteiger partial charge in [-0.3, -0.25) is 4.79 Å². The van der Waals surface area contributed by atoms with Crippen LogP contribution in [0, 0.1) is 11.3 Å². The third-order valence-corrected chi connectivity index (χ3v) is 3.70. The Hall–Kier alpha value is -2.06. The predicted octanol–water partition coefficient (Wildman–Crippen LogP) is 1.12. The van der Waals surface area contributed by atoms with Gasteiger partial charge in [0.1, 0.15) is 12.1 Å². The number of carbonyl (C=O) groups is 1. The van der Waals surface area contributed by atoms with E-state index in [1.54, 1.807) is 0 Å². The smallest absolute Gasteiger partial charge is 0.240 e. The molecule has 1 aromatic rings. The minimum atomic E-state index is -0.312. The molecule has 1 saturated heterocycles. The molecule has 106 valence electrons. The van der Waals surface area contributed by atoms with Crippen molar-refractivity contribution in [2.75, 3.05) is 18.5 Å². The van der Waals surface area contributed by atoms with E-state index >= 15 is 0 Å². The van der Waals surface area contributed by atoms with Gasteiger partial charge in [0.25, 0.3) is 0 Å². The van der Waals surface area contributed by atoms with E-state index in [2.05, 4.69) is 11.4 Å². The summed E-state index contributed by atoms with van der Waals surface area (Å²) >= 11 is 0. The highest BCUT2D eigenvalue weighted by molar-refractivity contribution is 5.84. The molecule has 1 aromatic carbocycles. The Morgan fingerprint density at radius 3 is 3.00 bits per heavy atom. The predicted molar refractivity (Wildman–Crippen MR) is 78.1 cm³/mol. The molecule has 1 heterocycles. The van der Waals surface area contributed by atoms with Crippen LogP contribution in [-0.4, -0.2) is 25.5 Å². The molecule has 0 bridgehead atoms. The first-order valence-electron chi connectivity index (χ1n) is 6.91. The summed E-state index contributed by atoms with van der Waals surface area (Å²) in [7, 11) is 1.87. The zero-order valence-electron chi connectivity index (χ0n) is 11.7. The minimum Gasteiger partial charge on any atom is -0.368 e. The van der Waals surface area contributed by atoms with E-state index < -0.39 is 0 Å². The Morgan fingerprint density at radius 1 is 1.55 bits per heavy atom. The molecule has 0 aromatic heterocycles. The van der Waals surface area contributed by atoms with Gasteiger partial charge in [0.15, 0.2) is 0 Å². The summed E-state index contributed by atoms with van der Waals surface area (Å²) in [5, 5.41) is 12.4. The van der Waals surface area contributed by atoms with Crippen LogP contribution in [0.1, 0.15) is 30.4 Å². The summed E-state index contributed by atoms with van der Waals surface area (Å²) in [5.74, 6) is -0.312. The first-order chi connectivity index (χ1) is 9.67. The van der Waals surface area contributed by atoms with Crippen LogP contribution in [0.2, 0.25) is 0 Å². The van der Waals surface area contributed by atoms with Gasteiger partial charge in [0.05, 0.1) is 11.3 Å². The second-order valence-electron chi connectivity index (χ2n) is 5.10. The molecule has 1 unspecified atom stereocenters. The van der Waals surface area contributed by atoms with Gasteiger partial charge in [-0.2, -0.15) is 5.26 Å². The Kier molecular flexibility index (Phi) is 4.59. The van der Waals surface area contributed by atoms with Crippen LogP contribution < -0.4 is 16.0 Å². The molecule has 2 rings (SSSR count). The average molecular weight is 272 g/mol. The van der Waals surface area contributed by atoms with E-state index in [0.29, 0.717) is 12.1 Å². The molecule has 1 atom stereocenters. The number of anilines is 1. The van der Waals surface area contributed by atoms with Gasteiger partial charge in [-0.05, 0) is 44.0 Å². The molecule has 0 radical (unpaired) electrons. The second kappa shape index (κ2) is 6.40. The van der Waals surface area contributed by atoms with Gasteiger partial charge < -0.3 is 16.0 Å². The summed E-state index contributed by atoms with van der Waals surface area (Å²) in [5.41, 5.74) is 7.96. The molecule has 0 spiro atoms. The molecule has 1 aliphatic heterocycles. The van der Waals surface area contributed by atoms with Crippen LogP contribution >= 0.6 is 0 Å². The highest BCUT2D eigenvalue weighted by Crippen LogP contribution is 2.28. The van der Waals surface area contributed by atoms with E-state index in [1.807, 2.05) is 30.1 Å². The van der Waals surface area contributed by atoms with Crippen molar-refractivity contribution < 1.29 is 4.79 Å². The fraction of sp³-hybridized carbons (Fsp3) is 0.467. The lowest BCUT2D eigenvalue weighted by atomic mass is 9.98. The summed E-state index contributed by atoms with van der Waals surface area (Å²) in [6.45, 7) is 1.49. The molecule has 5 heteroatoms. The number of nitrogens with two attached hydrogens (primary N) is 1. The maximum Gasteiger partial charge on any atom is 0.240 e. The van der Waals surface area contributed by atoms with Crippen LogP contribution in [0.4, 0.5) is 5.69 Å². The van der Waals surface area contributed by atoms with Crippen molar-refractivity contribution in [3.63, 3.8) is 0 Å². The lowest BCUT2D eigenvalue weighted by Gasteiger charge is -2.36. The van der Waals surface area contributed by atoms with Crippen LogP contribution in [0.5, 0.6) is 0 Å². The Morgan fingerprint density at radius 2 is 2.35 bits per heavy atom. The van der Waals surface area contributed by atoms with E-state index in [0.717, 1.165) is 37.1 Å². The lowest BCUT2D eigenvalue weighted by molar-refractivity contribution is -0.119. The Bertz CT molecular complexity index is 535. The molecule has 3 N–H and O–H groups in total. The van der Waals surface area contributed by atoms with E-state index in [-0.39, 0.29) is 11.9 Å². The number of hydrogen-bond acceptors (Lipinski definition) is 4.